The highest BCUT2D eigenvalue weighted by Gasteiger charge is 2.25. The van der Waals surface area contributed by atoms with Crippen molar-refractivity contribution in [1.82, 2.24) is 4.98 Å². The number of benzene rings is 1. The Morgan fingerprint density at radius 2 is 1.84 bits per heavy atom. The van der Waals surface area contributed by atoms with Crippen molar-refractivity contribution in [3.63, 3.8) is 0 Å². The smallest absolute Gasteiger partial charge is 0.170 e. The Balaban J connectivity index is 2.80. The molecule has 2 rings (SSSR count). The van der Waals surface area contributed by atoms with Crippen molar-refractivity contribution in [3.8, 4) is 11.5 Å². The van der Waals surface area contributed by atoms with Crippen LogP contribution in [0.2, 0.25) is 0 Å². The number of ether oxygens (including phenoxy) is 2. The van der Waals surface area contributed by atoms with Gasteiger partial charge in [-0.25, -0.2) is 4.98 Å². The van der Waals surface area contributed by atoms with Crippen LogP contribution in [0.1, 0.15) is 57.7 Å². The van der Waals surface area contributed by atoms with Gasteiger partial charge in [-0.3, -0.25) is 0 Å². The van der Waals surface area contributed by atoms with Gasteiger partial charge in [-0.1, -0.05) is 27.7 Å². The number of methoxy groups -OCH3 is 2. The Kier molecular flexibility index (Phi) is 5.78. The van der Waals surface area contributed by atoms with Crippen LogP contribution in [0, 0.1) is 0 Å². The average molecular weight is 345 g/mol. The van der Waals surface area contributed by atoms with Gasteiger partial charge in [0.1, 0.15) is 0 Å². The second-order valence-electron chi connectivity index (χ2n) is 7.61. The minimum Gasteiger partial charge on any atom is -0.493 e. The molecule has 5 heteroatoms. The fraction of sp³-hybridized carbons (Fsp3) is 0.550. The first-order valence-electron chi connectivity index (χ1n) is 8.80. The Morgan fingerprint density at radius 3 is 2.36 bits per heavy atom. The molecule has 0 saturated heterocycles. The third kappa shape index (κ3) is 3.82. The van der Waals surface area contributed by atoms with Crippen molar-refractivity contribution in [2.24, 2.45) is 5.73 Å². The Morgan fingerprint density at radius 1 is 1.16 bits per heavy atom. The molecule has 0 aliphatic rings. The molecule has 25 heavy (non-hydrogen) atoms. The molecule has 0 aliphatic carbocycles. The van der Waals surface area contributed by atoms with Crippen LogP contribution in [-0.4, -0.2) is 25.7 Å². The summed E-state index contributed by atoms with van der Waals surface area (Å²) in [6.07, 6.45) is 2.01. The highest BCUT2D eigenvalue weighted by molar-refractivity contribution is 5.97. The zero-order valence-corrected chi connectivity index (χ0v) is 16.3. The number of anilines is 1. The lowest BCUT2D eigenvalue weighted by molar-refractivity contribution is 0.358. The van der Waals surface area contributed by atoms with Gasteiger partial charge in [0, 0.05) is 22.6 Å². The van der Waals surface area contributed by atoms with E-state index >= 15 is 0 Å². The summed E-state index contributed by atoms with van der Waals surface area (Å²) in [5.74, 6) is 1.65. The summed E-state index contributed by atoms with van der Waals surface area (Å²) < 4.78 is 11.0. The number of hydrogen-bond acceptors (Lipinski definition) is 5. The molecule has 0 saturated carbocycles. The van der Waals surface area contributed by atoms with Crippen LogP contribution in [0.5, 0.6) is 11.5 Å². The maximum absolute atomic E-state index is 6.26. The lowest BCUT2D eigenvalue weighted by Crippen LogP contribution is -2.19. The van der Waals surface area contributed by atoms with Gasteiger partial charge in [-0.15, -0.1) is 0 Å². The van der Waals surface area contributed by atoms with Crippen LogP contribution in [0.3, 0.4) is 0 Å². The van der Waals surface area contributed by atoms with Gasteiger partial charge >= 0.3 is 0 Å². The second-order valence-corrected chi connectivity index (χ2v) is 7.61. The van der Waals surface area contributed by atoms with Crippen LogP contribution >= 0.6 is 0 Å². The van der Waals surface area contributed by atoms with Crippen molar-refractivity contribution >= 4 is 16.6 Å². The molecular weight excluding hydrogens is 314 g/mol. The summed E-state index contributed by atoms with van der Waals surface area (Å²) in [6.45, 7) is 9.45. The van der Waals surface area contributed by atoms with Gasteiger partial charge < -0.3 is 20.9 Å². The molecule has 0 fully saturated rings. The first kappa shape index (κ1) is 19.3. The van der Waals surface area contributed by atoms with E-state index in [1.165, 1.54) is 5.56 Å². The molecular formula is C20H31N3O2. The van der Waals surface area contributed by atoms with Crippen LogP contribution < -0.4 is 20.9 Å². The fourth-order valence-electron chi connectivity index (χ4n) is 3.25. The van der Waals surface area contributed by atoms with E-state index in [4.69, 9.17) is 25.9 Å². The molecule has 1 unspecified atom stereocenters. The predicted molar refractivity (Wildman–Crippen MR) is 105 cm³/mol. The van der Waals surface area contributed by atoms with Crippen LogP contribution in [0.25, 0.3) is 10.9 Å². The van der Waals surface area contributed by atoms with Gasteiger partial charge in [0.05, 0.1) is 25.4 Å². The van der Waals surface area contributed by atoms with Crippen molar-refractivity contribution in [1.29, 1.82) is 0 Å². The Hall–Kier alpha value is -2.01. The predicted octanol–water partition coefficient (Wildman–Crippen LogP) is 3.97. The third-order valence-corrected chi connectivity index (χ3v) is 4.59. The number of hydrogen-bond donors (Lipinski definition) is 2. The van der Waals surface area contributed by atoms with E-state index in [0.717, 1.165) is 29.4 Å². The largest absolute Gasteiger partial charge is 0.493 e. The minimum absolute atomic E-state index is 0.0832. The molecule has 2 aromatic rings. The summed E-state index contributed by atoms with van der Waals surface area (Å²) in [5, 5.41) is 0.891. The topological polar surface area (TPSA) is 83.4 Å². The summed E-state index contributed by atoms with van der Waals surface area (Å²) in [4.78, 5) is 4.97. The summed E-state index contributed by atoms with van der Waals surface area (Å²) in [6, 6.07) is 3.94. The average Bonchev–Trinajstić information content (AvgIpc) is 2.57. The first-order valence-corrected chi connectivity index (χ1v) is 8.80. The number of rotatable bonds is 6. The van der Waals surface area contributed by atoms with Gasteiger partial charge in [0.25, 0.3) is 0 Å². The number of aromatic nitrogens is 1. The summed E-state index contributed by atoms with van der Waals surface area (Å²) >= 11 is 0. The maximum atomic E-state index is 6.26. The Labute approximate surface area is 150 Å². The van der Waals surface area contributed by atoms with Crippen molar-refractivity contribution in [2.45, 2.75) is 51.9 Å². The monoisotopic (exact) mass is 345 g/mol. The highest BCUT2D eigenvalue weighted by Crippen LogP contribution is 2.42. The SMILES string of the molecule is COc1cc(N)c2nc(C(C)(C)C)c(C(C)CCCN)cc2c1OC. The van der Waals surface area contributed by atoms with Gasteiger partial charge in [0.2, 0.25) is 0 Å². The van der Waals surface area contributed by atoms with E-state index < -0.39 is 0 Å². The first-order chi connectivity index (χ1) is 11.7. The zero-order chi connectivity index (χ0) is 18.8. The number of nitrogens with zero attached hydrogens (tertiary/aromatic N) is 1. The van der Waals surface area contributed by atoms with E-state index in [1.807, 2.05) is 0 Å². The van der Waals surface area contributed by atoms with Gasteiger partial charge in [-0.2, -0.15) is 0 Å². The maximum Gasteiger partial charge on any atom is 0.170 e. The van der Waals surface area contributed by atoms with Gasteiger partial charge in [-0.05, 0) is 36.9 Å². The molecule has 1 aromatic carbocycles. The molecule has 0 amide bonds. The van der Waals surface area contributed by atoms with E-state index in [1.54, 1.807) is 20.3 Å². The van der Waals surface area contributed by atoms with Crippen molar-refractivity contribution < 1.29 is 9.47 Å². The van der Waals surface area contributed by atoms with Crippen LogP contribution in [0.15, 0.2) is 12.1 Å². The molecule has 1 atom stereocenters. The molecule has 1 aromatic heterocycles. The normalized spacial score (nSPS) is 13.1. The lowest BCUT2D eigenvalue weighted by Gasteiger charge is -2.26. The molecule has 138 valence electrons. The quantitative estimate of drug-likeness (QED) is 0.774. The number of nitrogen functional groups attached to an aromatic ring is 1. The standard InChI is InChI=1S/C20H31N3O2/c1-12(8-7-9-21)13-10-14-17(23-19(13)20(2,3)4)15(22)11-16(24-5)18(14)25-6/h10-12H,7-9,21-22H2,1-6H3. The lowest BCUT2D eigenvalue weighted by atomic mass is 9.82. The van der Waals surface area contributed by atoms with Gasteiger partial charge in [0.15, 0.2) is 11.5 Å². The second kappa shape index (κ2) is 7.48. The van der Waals surface area contributed by atoms with E-state index in [0.29, 0.717) is 29.6 Å². The summed E-state index contributed by atoms with van der Waals surface area (Å²) in [5.41, 5.74) is 15.5. The molecule has 5 nitrogen and oxygen atoms in total. The molecule has 0 bridgehead atoms. The third-order valence-electron chi connectivity index (χ3n) is 4.59. The minimum atomic E-state index is -0.0832. The summed E-state index contributed by atoms with van der Waals surface area (Å²) in [7, 11) is 3.26. The van der Waals surface area contributed by atoms with Crippen LogP contribution in [0.4, 0.5) is 5.69 Å². The molecule has 4 N–H and O–H groups in total. The molecule has 0 aliphatic heterocycles. The number of pyridine rings is 1. The van der Waals surface area contributed by atoms with Crippen molar-refractivity contribution in [2.75, 3.05) is 26.5 Å². The van der Waals surface area contributed by atoms with E-state index in [2.05, 4.69) is 33.8 Å². The van der Waals surface area contributed by atoms with E-state index in [9.17, 15) is 0 Å². The Bertz CT molecular complexity index is 751. The van der Waals surface area contributed by atoms with Crippen molar-refractivity contribution in [3.05, 3.63) is 23.4 Å². The zero-order valence-electron chi connectivity index (χ0n) is 16.3. The van der Waals surface area contributed by atoms with E-state index in [-0.39, 0.29) is 5.41 Å². The highest BCUT2D eigenvalue weighted by atomic mass is 16.5. The number of nitrogens with two attached hydrogens (primary N) is 2. The van der Waals surface area contributed by atoms with Crippen LogP contribution in [-0.2, 0) is 5.41 Å². The molecule has 1 heterocycles. The molecule has 0 radical (unpaired) electrons. The molecule has 0 spiro atoms. The fourth-order valence-corrected chi connectivity index (χ4v) is 3.25. The number of fused-ring (bicyclic) bond motifs is 1.